The first-order valence-electron chi connectivity index (χ1n) is 9.92. The van der Waals surface area contributed by atoms with Gasteiger partial charge in [0.05, 0.1) is 17.8 Å². The molecule has 2 bridgehead atoms. The largest absolute Gasteiger partial charge is 0.480 e. The van der Waals surface area contributed by atoms with Gasteiger partial charge in [0, 0.05) is 48.9 Å². The molecule has 2 amide bonds. The summed E-state index contributed by atoms with van der Waals surface area (Å²) < 4.78 is 6.24. The minimum absolute atomic E-state index is 0.0803. The lowest BCUT2D eigenvalue weighted by atomic mass is 9.69. The normalized spacial score (nSPS) is 26.6. The minimum atomic E-state index is -1.71. The first-order valence-corrected chi connectivity index (χ1v) is 10.8. The minimum Gasteiger partial charge on any atom is -0.480 e. The number of likely N-dealkylation sites (N-methyl/N-ethyl adjacent to an activating group) is 1. The zero-order chi connectivity index (χ0) is 23.0. The highest BCUT2D eigenvalue weighted by Crippen LogP contribution is 2.49. The van der Waals surface area contributed by atoms with Gasteiger partial charge in [0.2, 0.25) is 11.8 Å². The predicted molar refractivity (Wildman–Crippen MR) is 117 cm³/mol. The number of hydrogen-bond donors (Lipinski definition) is 2. The number of carbonyl (C=O) groups is 4. The fourth-order valence-corrected chi connectivity index (χ4v) is 4.74. The number of thiophene rings is 1. The van der Waals surface area contributed by atoms with Crippen molar-refractivity contribution in [2.24, 2.45) is 16.3 Å². The van der Waals surface area contributed by atoms with E-state index in [1.807, 2.05) is 0 Å². The second kappa shape index (κ2) is 8.19. The quantitative estimate of drug-likeness (QED) is 0.667. The molecular formula is C22H21N3O6S. The SMILES string of the molecule is C[C@@H]1C(=O)C[C@]2(C(=O)O)C=Cc3csc4c3OC2=C1CC(=O)N(C)CC(=O)N/C=C\N=C4. The molecule has 166 valence electrons. The lowest BCUT2D eigenvalue weighted by Crippen LogP contribution is -2.43. The van der Waals surface area contributed by atoms with E-state index in [9.17, 15) is 24.3 Å². The van der Waals surface area contributed by atoms with E-state index >= 15 is 0 Å². The molecule has 3 aliphatic rings. The number of aliphatic carboxylic acids is 1. The molecule has 2 aliphatic heterocycles. The Morgan fingerprint density at radius 2 is 2.16 bits per heavy atom. The zero-order valence-corrected chi connectivity index (χ0v) is 18.3. The monoisotopic (exact) mass is 455 g/mol. The number of ether oxygens (including phenoxy) is 1. The molecule has 9 nitrogen and oxygen atoms in total. The van der Waals surface area contributed by atoms with Crippen LogP contribution < -0.4 is 10.1 Å². The predicted octanol–water partition coefficient (Wildman–Crippen LogP) is 1.96. The number of amides is 2. The van der Waals surface area contributed by atoms with E-state index in [0.717, 1.165) is 0 Å². The highest BCUT2D eigenvalue weighted by atomic mass is 32.1. The van der Waals surface area contributed by atoms with E-state index in [4.69, 9.17) is 4.74 Å². The Bertz CT molecular complexity index is 1140. The highest BCUT2D eigenvalue weighted by molar-refractivity contribution is 7.12. The lowest BCUT2D eigenvalue weighted by Gasteiger charge is -2.36. The van der Waals surface area contributed by atoms with Crippen molar-refractivity contribution >= 4 is 47.2 Å². The molecule has 3 heterocycles. The number of nitrogens with zero attached hydrogens (tertiary/aromatic N) is 2. The molecule has 2 N–H and O–H groups in total. The number of carbonyl (C=O) groups excluding carboxylic acids is 3. The summed E-state index contributed by atoms with van der Waals surface area (Å²) in [6.45, 7) is 1.43. The second-order valence-electron chi connectivity index (χ2n) is 7.90. The zero-order valence-electron chi connectivity index (χ0n) is 17.5. The van der Waals surface area contributed by atoms with Gasteiger partial charge in [-0.25, -0.2) is 0 Å². The summed E-state index contributed by atoms with van der Waals surface area (Å²) in [4.78, 5) is 56.3. The first-order chi connectivity index (χ1) is 15.2. The summed E-state index contributed by atoms with van der Waals surface area (Å²) in [7, 11) is 1.47. The first kappa shape index (κ1) is 21.7. The maximum absolute atomic E-state index is 12.9. The maximum Gasteiger partial charge on any atom is 0.321 e. The third-order valence-electron chi connectivity index (χ3n) is 5.83. The number of carboxylic acids is 1. The molecule has 10 heteroatoms. The summed E-state index contributed by atoms with van der Waals surface area (Å²) in [5, 5.41) is 14.5. The van der Waals surface area contributed by atoms with Gasteiger partial charge in [-0.3, -0.25) is 24.2 Å². The van der Waals surface area contributed by atoms with Crippen LogP contribution in [0.2, 0.25) is 0 Å². The average Bonchev–Trinajstić information content (AvgIpc) is 3.03. The smallest absolute Gasteiger partial charge is 0.321 e. The summed E-state index contributed by atoms with van der Waals surface area (Å²) >= 11 is 1.36. The molecule has 0 aromatic carbocycles. The Kier molecular flexibility index (Phi) is 5.55. The van der Waals surface area contributed by atoms with E-state index in [0.29, 0.717) is 21.8 Å². The van der Waals surface area contributed by atoms with Crippen LogP contribution >= 0.6 is 11.3 Å². The molecule has 1 aromatic heterocycles. The second-order valence-corrected chi connectivity index (χ2v) is 8.81. The van der Waals surface area contributed by atoms with E-state index in [1.165, 1.54) is 41.8 Å². The van der Waals surface area contributed by atoms with Gasteiger partial charge in [-0.2, -0.15) is 0 Å². The Labute approximate surface area is 187 Å². The standard InChI is InChI=1S/C22H21N3O6S/c1-12-14-7-18(28)25(2)10-17(27)24-6-5-23-9-16-19-13(11-32-16)3-4-22(21(29)30,8-15(12)26)20(14)31-19/h3-6,9,11-12H,7-8,10H2,1-2H3,(H,24,27)(H,29,30)/b6-5-,23-9?/t12-,22+/m0/s1. The van der Waals surface area contributed by atoms with Crippen LogP contribution in [0.15, 0.2) is 40.2 Å². The Balaban J connectivity index is 1.94. The van der Waals surface area contributed by atoms with Gasteiger partial charge in [-0.05, 0) is 5.57 Å². The molecular weight excluding hydrogens is 434 g/mol. The van der Waals surface area contributed by atoms with Gasteiger partial charge >= 0.3 is 5.97 Å². The van der Waals surface area contributed by atoms with Gasteiger partial charge in [-0.15, -0.1) is 11.3 Å². The van der Waals surface area contributed by atoms with Crippen molar-refractivity contribution in [2.75, 3.05) is 13.6 Å². The average molecular weight is 455 g/mol. The summed E-state index contributed by atoms with van der Waals surface area (Å²) in [5.41, 5.74) is -0.752. The van der Waals surface area contributed by atoms with Crippen LogP contribution in [0.1, 0.15) is 30.2 Å². The van der Waals surface area contributed by atoms with Gasteiger partial charge in [0.15, 0.2) is 11.2 Å². The third-order valence-corrected chi connectivity index (χ3v) is 6.75. The number of carboxylic acid groups (broad SMARTS) is 1. The van der Waals surface area contributed by atoms with Gasteiger partial charge in [0.25, 0.3) is 0 Å². The number of hydrogen-bond acceptors (Lipinski definition) is 7. The molecule has 0 radical (unpaired) electrons. The van der Waals surface area contributed by atoms with Gasteiger partial charge in [0.1, 0.15) is 11.5 Å². The van der Waals surface area contributed by atoms with Crippen LogP contribution in [-0.4, -0.2) is 53.4 Å². The van der Waals surface area contributed by atoms with Gasteiger partial charge in [-0.1, -0.05) is 19.1 Å². The highest BCUT2D eigenvalue weighted by Gasteiger charge is 2.52. The van der Waals surface area contributed by atoms with E-state index in [2.05, 4.69) is 10.3 Å². The Morgan fingerprint density at radius 3 is 2.91 bits per heavy atom. The lowest BCUT2D eigenvalue weighted by molar-refractivity contribution is -0.149. The van der Waals surface area contributed by atoms with Gasteiger partial charge < -0.3 is 20.1 Å². The molecule has 0 saturated heterocycles. The molecule has 0 fully saturated rings. The molecule has 1 aromatic rings. The maximum atomic E-state index is 12.9. The molecule has 32 heavy (non-hydrogen) atoms. The van der Waals surface area contributed by atoms with Crippen LogP contribution in [0.4, 0.5) is 0 Å². The fraction of sp³-hybridized carbons (Fsp3) is 0.318. The van der Waals surface area contributed by atoms with E-state index < -0.39 is 29.1 Å². The van der Waals surface area contributed by atoms with E-state index in [1.54, 1.807) is 24.6 Å². The van der Waals surface area contributed by atoms with Crippen LogP contribution in [0.5, 0.6) is 5.75 Å². The fourth-order valence-electron chi connectivity index (χ4n) is 3.91. The third kappa shape index (κ3) is 3.66. The summed E-state index contributed by atoms with van der Waals surface area (Å²) in [5.74, 6) is -2.57. The van der Waals surface area contributed by atoms with Crippen molar-refractivity contribution < 1.29 is 29.0 Å². The van der Waals surface area contributed by atoms with Crippen molar-refractivity contribution in [3.63, 3.8) is 0 Å². The van der Waals surface area contributed by atoms with Crippen LogP contribution in [-0.2, 0) is 19.2 Å². The molecule has 1 aliphatic carbocycles. The number of ketones is 1. The molecule has 0 spiro atoms. The summed E-state index contributed by atoms with van der Waals surface area (Å²) in [6, 6.07) is 0. The number of rotatable bonds is 1. The Morgan fingerprint density at radius 1 is 1.38 bits per heavy atom. The van der Waals surface area contributed by atoms with Crippen molar-refractivity contribution in [1.82, 2.24) is 10.2 Å². The topological polar surface area (TPSA) is 125 Å². The van der Waals surface area contributed by atoms with Crippen molar-refractivity contribution in [3.8, 4) is 5.75 Å². The molecule has 0 saturated carbocycles. The Hall–Kier alpha value is -3.53. The van der Waals surface area contributed by atoms with Crippen LogP contribution in [0, 0.1) is 11.3 Å². The number of aliphatic imine (C=N–C) groups is 1. The number of Topliss-reactive ketones (excluding diaryl/α,β-unsaturated/α-hetero) is 1. The van der Waals surface area contributed by atoms with Crippen molar-refractivity contribution in [3.05, 3.63) is 45.6 Å². The number of nitrogens with one attached hydrogen (secondary N) is 1. The molecule has 4 rings (SSSR count). The summed E-state index contributed by atoms with van der Waals surface area (Å²) in [6.07, 6.45) is 6.90. The van der Waals surface area contributed by atoms with Crippen LogP contribution in [0.3, 0.4) is 0 Å². The molecule has 2 atom stereocenters. The van der Waals surface area contributed by atoms with Crippen molar-refractivity contribution in [2.45, 2.75) is 19.8 Å². The molecule has 0 unspecified atom stereocenters. The van der Waals surface area contributed by atoms with E-state index in [-0.39, 0.29) is 30.9 Å². The van der Waals surface area contributed by atoms with Crippen molar-refractivity contribution in [1.29, 1.82) is 0 Å². The van der Waals surface area contributed by atoms with Crippen LogP contribution in [0.25, 0.3) is 6.08 Å².